The molecule has 114 valence electrons. The number of carbonyl (C=O) groups excluding carboxylic acids is 1. The number of nitrogens with zero attached hydrogens (tertiary/aromatic N) is 1. The first-order chi connectivity index (χ1) is 10.7. The molecule has 2 aromatic carbocycles. The minimum Gasteiger partial charge on any atom is -0.366 e. The van der Waals surface area contributed by atoms with E-state index in [9.17, 15) is 4.79 Å². The van der Waals surface area contributed by atoms with Gasteiger partial charge in [0.25, 0.3) is 0 Å². The van der Waals surface area contributed by atoms with E-state index in [1.165, 1.54) is 31.5 Å². The van der Waals surface area contributed by atoms with Crippen molar-refractivity contribution in [1.29, 1.82) is 0 Å². The first-order valence-electron chi connectivity index (χ1n) is 7.90. The Labute approximate surface area is 131 Å². The molecule has 1 amide bonds. The Morgan fingerprint density at radius 1 is 1.09 bits per heavy atom. The minimum atomic E-state index is -0.381. The van der Waals surface area contributed by atoms with E-state index in [4.69, 9.17) is 5.73 Å². The number of benzene rings is 2. The molecule has 1 atom stereocenters. The van der Waals surface area contributed by atoms with Crippen molar-refractivity contribution in [2.24, 2.45) is 5.73 Å². The van der Waals surface area contributed by atoms with E-state index in [0.29, 0.717) is 11.6 Å². The Bertz CT molecular complexity index is 675. The molecule has 3 nitrogen and oxygen atoms in total. The lowest BCUT2D eigenvalue weighted by Crippen LogP contribution is -2.23. The van der Waals surface area contributed by atoms with Crippen molar-refractivity contribution in [3.63, 3.8) is 0 Å². The van der Waals surface area contributed by atoms with Crippen molar-refractivity contribution in [2.45, 2.75) is 25.8 Å². The number of nitrogens with two attached hydrogens (primary N) is 1. The highest BCUT2D eigenvalue weighted by Crippen LogP contribution is 2.29. The second kappa shape index (κ2) is 6.32. The van der Waals surface area contributed by atoms with Gasteiger partial charge in [0.15, 0.2) is 0 Å². The molecule has 3 heteroatoms. The quantitative estimate of drug-likeness (QED) is 0.936. The van der Waals surface area contributed by atoms with Crippen LogP contribution in [-0.2, 0) is 0 Å². The summed E-state index contributed by atoms with van der Waals surface area (Å²) in [6.45, 7) is 4.59. The van der Waals surface area contributed by atoms with Crippen LogP contribution in [0, 0.1) is 0 Å². The Morgan fingerprint density at radius 3 is 2.55 bits per heavy atom. The smallest absolute Gasteiger partial charge is 0.249 e. The molecule has 0 aromatic heterocycles. The molecular weight excluding hydrogens is 272 g/mol. The number of carbonyl (C=O) groups is 1. The van der Waals surface area contributed by atoms with E-state index in [1.807, 2.05) is 24.3 Å². The van der Waals surface area contributed by atoms with Gasteiger partial charge in [-0.1, -0.05) is 36.4 Å². The molecule has 1 unspecified atom stereocenters. The first-order valence-corrected chi connectivity index (χ1v) is 7.90. The largest absolute Gasteiger partial charge is 0.366 e. The van der Waals surface area contributed by atoms with Crippen LogP contribution in [0.1, 0.15) is 41.7 Å². The van der Waals surface area contributed by atoms with Crippen LogP contribution in [0.4, 0.5) is 0 Å². The van der Waals surface area contributed by atoms with Gasteiger partial charge in [-0.15, -0.1) is 0 Å². The van der Waals surface area contributed by atoms with Crippen LogP contribution >= 0.6 is 0 Å². The van der Waals surface area contributed by atoms with E-state index in [0.717, 1.165) is 11.1 Å². The van der Waals surface area contributed by atoms with Crippen LogP contribution in [0.25, 0.3) is 11.1 Å². The third-order valence-corrected chi connectivity index (χ3v) is 4.56. The molecule has 2 N–H and O–H groups in total. The van der Waals surface area contributed by atoms with Gasteiger partial charge in [-0.3, -0.25) is 9.69 Å². The zero-order valence-corrected chi connectivity index (χ0v) is 13.0. The Balaban J connectivity index is 1.96. The number of hydrogen-bond donors (Lipinski definition) is 1. The van der Waals surface area contributed by atoms with Crippen LogP contribution in [0.3, 0.4) is 0 Å². The van der Waals surface area contributed by atoms with E-state index in [-0.39, 0.29) is 5.91 Å². The van der Waals surface area contributed by atoms with Crippen LogP contribution in [0.5, 0.6) is 0 Å². The highest BCUT2D eigenvalue weighted by Gasteiger charge is 2.20. The fourth-order valence-corrected chi connectivity index (χ4v) is 3.26. The average Bonchev–Trinajstić information content (AvgIpc) is 3.08. The summed E-state index contributed by atoms with van der Waals surface area (Å²) in [6, 6.07) is 16.4. The maximum Gasteiger partial charge on any atom is 0.249 e. The monoisotopic (exact) mass is 294 g/mol. The molecular formula is C19H22N2O. The van der Waals surface area contributed by atoms with Crippen molar-refractivity contribution in [3.8, 4) is 11.1 Å². The van der Waals surface area contributed by atoms with Gasteiger partial charge in [0.1, 0.15) is 0 Å². The number of primary amides is 1. The zero-order valence-electron chi connectivity index (χ0n) is 13.0. The van der Waals surface area contributed by atoms with Crippen LogP contribution < -0.4 is 5.73 Å². The van der Waals surface area contributed by atoms with Gasteiger partial charge in [-0.2, -0.15) is 0 Å². The molecule has 1 heterocycles. The van der Waals surface area contributed by atoms with E-state index in [2.05, 4.69) is 30.0 Å². The van der Waals surface area contributed by atoms with Gasteiger partial charge in [0, 0.05) is 11.6 Å². The maximum atomic E-state index is 11.6. The summed E-state index contributed by atoms with van der Waals surface area (Å²) in [5.41, 5.74) is 9.33. The molecule has 1 saturated heterocycles. The Hall–Kier alpha value is -2.13. The SMILES string of the molecule is CC(c1cccc(-c2ccccc2C(N)=O)c1)N1CCCC1. The molecule has 1 fully saturated rings. The van der Waals surface area contributed by atoms with E-state index in [1.54, 1.807) is 6.07 Å². The van der Waals surface area contributed by atoms with E-state index >= 15 is 0 Å². The summed E-state index contributed by atoms with van der Waals surface area (Å²) in [5.74, 6) is -0.381. The Kier molecular flexibility index (Phi) is 4.25. The number of rotatable bonds is 4. The molecule has 0 radical (unpaired) electrons. The molecule has 3 rings (SSSR count). The van der Waals surface area contributed by atoms with E-state index < -0.39 is 0 Å². The highest BCUT2D eigenvalue weighted by atomic mass is 16.1. The van der Waals surface area contributed by atoms with Crippen molar-refractivity contribution >= 4 is 5.91 Å². The lowest BCUT2D eigenvalue weighted by Gasteiger charge is -2.24. The second-order valence-electron chi connectivity index (χ2n) is 5.95. The predicted octanol–water partition coefficient (Wildman–Crippen LogP) is 3.61. The second-order valence-corrected chi connectivity index (χ2v) is 5.95. The first kappa shape index (κ1) is 14.8. The van der Waals surface area contributed by atoms with Gasteiger partial charge < -0.3 is 5.73 Å². The summed E-state index contributed by atoms with van der Waals surface area (Å²) in [5, 5.41) is 0. The Morgan fingerprint density at radius 2 is 1.82 bits per heavy atom. The predicted molar refractivity (Wildman–Crippen MR) is 89.6 cm³/mol. The van der Waals surface area contributed by atoms with Crippen molar-refractivity contribution in [2.75, 3.05) is 13.1 Å². The fourth-order valence-electron chi connectivity index (χ4n) is 3.26. The lowest BCUT2D eigenvalue weighted by atomic mass is 9.96. The topological polar surface area (TPSA) is 46.3 Å². The van der Waals surface area contributed by atoms with Gasteiger partial charge >= 0.3 is 0 Å². The molecule has 0 spiro atoms. The number of amides is 1. The van der Waals surface area contributed by atoms with Crippen molar-refractivity contribution in [3.05, 3.63) is 59.7 Å². The summed E-state index contributed by atoms with van der Waals surface area (Å²) < 4.78 is 0. The summed E-state index contributed by atoms with van der Waals surface area (Å²) >= 11 is 0. The normalized spacial score (nSPS) is 16.6. The number of hydrogen-bond acceptors (Lipinski definition) is 2. The molecule has 1 aliphatic heterocycles. The van der Waals surface area contributed by atoms with Gasteiger partial charge in [-0.25, -0.2) is 0 Å². The van der Waals surface area contributed by atoms with Crippen molar-refractivity contribution < 1.29 is 4.79 Å². The highest BCUT2D eigenvalue weighted by molar-refractivity contribution is 5.99. The summed E-state index contributed by atoms with van der Waals surface area (Å²) in [7, 11) is 0. The lowest BCUT2D eigenvalue weighted by molar-refractivity contribution is 0.100. The third-order valence-electron chi connectivity index (χ3n) is 4.56. The number of likely N-dealkylation sites (tertiary alicyclic amines) is 1. The van der Waals surface area contributed by atoms with Crippen LogP contribution in [0.2, 0.25) is 0 Å². The van der Waals surface area contributed by atoms with Gasteiger partial charge in [0.05, 0.1) is 0 Å². The molecule has 0 bridgehead atoms. The molecule has 0 aliphatic carbocycles. The molecule has 2 aromatic rings. The molecule has 0 saturated carbocycles. The summed E-state index contributed by atoms with van der Waals surface area (Å²) in [4.78, 5) is 14.2. The van der Waals surface area contributed by atoms with Crippen LogP contribution in [0.15, 0.2) is 48.5 Å². The standard InChI is InChI=1S/C19H22N2O/c1-14(21-11-4-5-12-21)15-7-6-8-16(13-15)17-9-2-3-10-18(17)19(20)22/h2-3,6-10,13-14H,4-5,11-12H2,1H3,(H2,20,22). The third kappa shape index (κ3) is 2.90. The van der Waals surface area contributed by atoms with Crippen LogP contribution in [-0.4, -0.2) is 23.9 Å². The molecule has 1 aliphatic rings. The fraction of sp³-hybridized carbons (Fsp3) is 0.316. The van der Waals surface area contributed by atoms with Crippen molar-refractivity contribution in [1.82, 2.24) is 4.90 Å². The molecule has 22 heavy (non-hydrogen) atoms. The van der Waals surface area contributed by atoms with Gasteiger partial charge in [0.2, 0.25) is 5.91 Å². The zero-order chi connectivity index (χ0) is 15.5. The maximum absolute atomic E-state index is 11.6. The average molecular weight is 294 g/mol. The van der Waals surface area contributed by atoms with Gasteiger partial charge in [-0.05, 0) is 61.7 Å². The minimum absolute atomic E-state index is 0.381. The summed E-state index contributed by atoms with van der Waals surface area (Å²) in [6.07, 6.45) is 2.57.